The summed E-state index contributed by atoms with van der Waals surface area (Å²) in [5.74, 6) is 0. The highest BCUT2D eigenvalue weighted by Crippen LogP contribution is 2.28. The van der Waals surface area contributed by atoms with Gasteiger partial charge >= 0.3 is 0 Å². The zero-order valence-electron chi connectivity index (χ0n) is 10.6. The molecule has 1 aromatic rings. The normalized spacial score (nSPS) is 17.4. The first-order valence-electron chi connectivity index (χ1n) is 5.50. The van der Waals surface area contributed by atoms with E-state index in [0.717, 1.165) is 0 Å². The number of nitrogens with zero attached hydrogens (tertiary/aromatic N) is 1. The number of likely N-dealkylation sites (N-methyl/N-ethyl adjacent to an activating group) is 1. The van der Waals surface area contributed by atoms with Crippen LogP contribution in [0.1, 0.15) is 24.8 Å². The average molecular weight is 242 g/mol. The van der Waals surface area contributed by atoms with Gasteiger partial charge in [-0.1, -0.05) is 6.07 Å². The minimum absolute atomic E-state index is 0.113. The third kappa shape index (κ3) is 2.83. The van der Waals surface area contributed by atoms with Crippen molar-refractivity contribution in [2.45, 2.75) is 25.4 Å². The minimum Gasteiger partial charge on any atom is -0.383 e. The first kappa shape index (κ1) is 13.6. The Labute approximate surface area is 102 Å². The Bertz CT molecular complexity index is 302. The molecule has 0 bridgehead atoms. The van der Waals surface area contributed by atoms with Crippen LogP contribution in [0.5, 0.6) is 0 Å². The van der Waals surface area contributed by atoms with Crippen molar-refractivity contribution in [3.8, 4) is 0 Å². The summed E-state index contributed by atoms with van der Waals surface area (Å²) in [4.78, 5) is 3.65. The molecule has 0 aromatic carbocycles. The summed E-state index contributed by atoms with van der Waals surface area (Å²) >= 11 is 1.78. The lowest BCUT2D eigenvalue weighted by atomic mass is 9.99. The highest BCUT2D eigenvalue weighted by molar-refractivity contribution is 7.10. The highest BCUT2D eigenvalue weighted by atomic mass is 32.1. The van der Waals surface area contributed by atoms with E-state index in [-0.39, 0.29) is 5.54 Å². The van der Waals surface area contributed by atoms with Crippen LogP contribution in [0.3, 0.4) is 0 Å². The standard InChI is InChI=1S/C12H22N2OS/c1-10(11-6-5-7-16-11)14(3)12(2,8-13)9-15-4/h5-7,10H,8-9,13H2,1-4H3. The summed E-state index contributed by atoms with van der Waals surface area (Å²) < 4.78 is 5.27. The number of hydrogen-bond acceptors (Lipinski definition) is 4. The number of methoxy groups -OCH3 is 1. The van der Waals surface area contributed by atoms with E-state index < -0.39 is 0 Å². The second-order valence-electron chi connectivity index (χ2n) is 4.44. The van der Waals surface area contributed by atoms with Crippen LogP contribution < -0.4 is 5.73 Å². The number of nitrogens with two attached hydrogens (primary N) is 1. The van der Waals surface area contributed by atoms with Crippen molar-refractivity contribution in [2.75, 3.05) is 27.3 Å². The van der Waals surface area contributed by atoms with Crippen LogP contribution in [-0.4, -0.2) is 37.7 Å². The summed E-state index contributed by atoms with van der Waals surface area (Å²) in [5.41, 5.74) is 5.75. The van der Waals surface area contributed by atoms with Gasteiger partial charge in [-0.05, 0) is 32.3 Å². The molecule has 2 unspecified atom stereocenters. The Balaban J connectivity index is 2.78. The first-order valence-corrected chi connectivity index (χ1v) is 6.38. The first-order chi connectivity index (χ1) is 7.55. The zero-order valence-corrected chi connectivity index (χ0v) is 11.4. The highest BCUT2D eigenvalue weighted by Gasteiger charge is 2.31. The molecule has 16 heavy (non-hydrogen) atoms. The molecule has 3 nitrogen and oxygen atoms in total. The van der Waals surface area contributed by atoms with E-state index in [1.54, 1.807) is 18.4 Å². The van der Waals surface area contributed by atoms with Gasteiger partial charge in [-0.3, -0.25) is 4.90 Å². The summed E-state index contributed by atoms with van der Waals surface area (Å²) in [6, 6.07) is 4.61. The van der Waals surface area contributed by atoms with E-state index in [9.17, 15) is 0 Å². The molecule has 0 aliphatic rings. The fraction of sp³-hybridized carbons (Fsp3) is 0.667. The van der Waals surface area contributed by atoms with Gasteiger partial charge in [0, 0.05) is 24.6 Å². The lowest BCUT2D eigenvalue weighted by molar-refractivity contribution is 0.0222. The Kier molecular flexibility index (Phi) is 4.92. The number of rotatable bonds is 6. The smallest absolute Gasteiger partial charge is 0.0656 e. The van der Waals surface area contributed by atoms with E-state index in [1.165, 1.54) is 4.88 Å². The summed E-state index contributed by atoms with van der Waals surface area (Å²) in [6.45, 7) is 5.58. The van der Waals surface area contributed by atoms with Crippen molar-refractivity contribution in [2.24, 2.45) is 5.73 Å². The van der Waals surface area contributed by atoms with E-state index in [2.05, 4.69) is 43.3 Å². The Morgan fingerprint density at radius 2 is 2.31 bits per heavy atom. The maximum Gasteiger partial charge on any atom is 0.0656 e. The molecule has 2 atom stereocenters. The Hall–Kier alpha value is -0.420. The SMILES string of the molecule is COCC(C)(CN)N(C)C(C)c1cccs1. The van der Waals surface area contributed by atoms with Crippen LogP contribution in [0, 0.1) is 0 Å². The van der Waals surface area contributed by atoms with E-state index in [4.69, 9.17) is 10.5 Å². The molecule has 0 aliphatic carbocycles. The predicted molar refractivity (Wildman–Crippen MR) is 69.8 cm³/mol. The topological polar surface area (TPSA) is 38.5 Å². The Morgan fingerprint density at radius 3 is 2.75 bits per heavy atom. The Morgan fingerprint density at radius 1 is 1.62 bits per heavy atom. The van der Waals surface area contributed by atoms with Gasteiger partial charge in [-0.15, -0.1) is 11.3 Å². The molecule has 0 fully saturated rings. The molecule has 1 heterocycles. The maximum absolute atomic E-state index is 5.87. The largest absolute Gasteiger partial charge is 0.383 e. The summed E-state index contributed by atoms with van der Waals surface area (Å²) in [7, 11) is 3.83. The van der Waals surface area contributed by atoms with E-state index in [1.807, 2.05) is 0 Å². The zero-order chi connectivity index (χ0) is 12.2. The van der Waals surface area contributed by atoms with Gasteiger partial charge < -0.3 is 10.5 Å². The molecule has 0 saturated carbocycles. The van der Waals surface area contributed by atoms with Crippen LogP contribution >= 0.6 is 11.3 Å². The number of hydrogen-bond donors (Lipinski definition) is 1. The molecule has 4 heteroatoms. The van der Waals surface area contributed by atoms with Crippen molar-refractivity contribution in [1.29, 1.82) is 0 Å². The molecule has 0 aliphatic heterocycles. The molecule has 1 rings (SSSR count). The van der Waals surface area contributed by atoms with E-state index in [0.29, 0.717) is 19.2 Å². The van der Waals surface area contributed by atoms with Gasteiger partial charge in [0.05, 0.1) is 12.1 Å². The summed E-state index contributed by atoms with van der Waals surface area (Å²) in [6.07, 6.45) is 0. The van der Waals surface area contributed by atoms with Gasteiger partial charge in [0.15, 0.2) is 0 Å². The van der Waals surface area contributed by atoms with Gasteiger partial charge in [0.1, 0.15) is 0 Å². The lowest BCUT2D eigenvalue weighted by Gasteiger charge is -2.41. The van der Waals surface area contributed by atoms with Crippen molar-refractivity contribution in [1.82, 2.24) is 4.90 Å². The third-order valence-corrected chi connectivity index (χ3v) is 4.33. The molecular formula is C12H22N2OS. The maximum atomic E-state index is 5.87. The van der Waals surface area contributed by atoms with Crippen molar-refractivity contribution in [3.05, 3.63) is 22.4 Å². The quantitative estimate of drug-likeness (QED) is 0.830. The minimum atomic E-state index is -0.113. The molecule has 92 valence electrons. The fourth-order valence-corrected chi connectivity index (χ4v) is 2.63. The van der Waals surface area contributed by atoms with E-state index >= 15 is 0 Å². The van der Waals surface area contributed by atoms with Crippen LogP contribution in [0.4, 0.5) is 0 Å². The average Bonchev–Trinajstić information content (AvgIpc) is 2.80. The molecule has 0 saturated heterocycles. The monoisotopic (exact) mass is 242 g/mol. The molecular weight excluding hydrogens is 220 g/mol. The van der Waals surface area contributed by atoms with Crippen LogP contribution in [-0.2, 0) is 4.74 Å². The van der Waals surface area contributed by atoms with Gasteiger partial charge in [-0.2, -0.15) is 0 Å². The van der Waals surface area contributed by atoms with Crippen LogP contribution in [0.2, 0.25) is 0 Å². The third-order valence-electron chi connectivity index (χ3n) is 3.28. The van der Waals surface area contributed by atoms with Gasteiger partial charge in [-0.25, -0.2) is 0 Å². The fourth-order valence-electron chi connectivity index (χ4n) is 1.80. The van der Waals surface area contributed by atoms with Gasteiger partial charge in [0.2, 0.25) is 0 Å². The lowest BCUT2D eigenvalue weighted by Crippen LogP contribution is -2.53. The predicted octanol–water partition coefficient (Wildman–Crippen LogP) is 2.10. The molecule has 0 radical (unpaired) electrons. The molecule has 0 spiro atoms. The second-order valence-corrected chi connectivity index (χ2v) is 5.42. The molecule has 0 amide bonds. The summed E-state index contributed by atoms with van der Waals surface area (Å²) in [5, 5.41) is 2.11. The number of thiophene rings is 1. The number of ether oxygens (including phenoxy) is 1. The van der Waals surface area contributed by atoms with Crippen molar-refractivity contribution >= 4 is 11.3 Å². The molecule has 2 N–H and O–H groups in total. The molecule has 1 aromatic heterocycles. The van der Waals surface area contributed by atoms with Crippen LogP contribution in [0.15, 0.2) is 17.5 Å². The van der Waals surface area contributed by atoms with Crippen molar-refractivity contribution in [3.63, 3.8) is 0 Å². The van der Waals surface area contributed by atoms with Gasteiger partial charge in [0.25, 0.3) is 0 Å². The van der Waals surface area contributed by atoms with Crippen LogP contribution in [0.25, 0.3) is 0 Å². The van der Waals surface area contributed by atoms with Crippen molar-refractivity contribution < 1.29 is 4.74 Å². The second kappa shape index (κ2) is 5.77.